The molecule has 4 nitrogen and oxygen atoms in total. The molecule has 0 heterocycles. The smallest absolute Gasteiger partial charge is 0.220 e. The molecule has 0 radical (unpaired) electrons. The van der Waals surface area contributed by atoms with Gasteiger partial charge in [0.15, 0.2) is 0 Å². The lowest BCUT2D eigenvalue weighted by Gasteiger charge is -2.19. The Morgan fingerprint density at radius 1 is 0.610 bits per heavy atom. The number of unbranched alkanes of at least 4 members (excludes halogenated alkanes) is 14. The van der Waals surface area contributed by atoms with Crippen molar-refractivity contribution < 1.29 is 15.0 Å². The van der Waals surface area contributed by atoms with Gasteiger partial charge in [-0.15, -0.1) is 0 Å². The second kappa shape index (κ2) is 32.6. The van der Waals surface area contributed by atoms with Crippen LogP contribution in [0.2, 0.25) is 0 Å². The monoisotopic (exact) mass is 571 g/mol. The predicted octanol–water partition coefficient (Wildman–Crippen LogP) is 9.84. The van der Waals surface area contributed by atoms with Crippen molar-refractivity contribution in [1.82, 2.24) is 5.32 Å². The average molecular weight is 572 g/mol. The van der Waals surface area contributed by atoms with Gasteiger partial charge in [0, 0.05) is 6.42 Å². The zero-order valence-electron chi connectivity index (χ0n) is 26.8. The fraction of sp³-hybridized carbons (Fsp3) is 0.703. The Balaban J connectivity index is 3.48. The lowest BCUT2D eigenvalue weighted by atomic mass is 10.0. The summed E-state index contributed by atoms with van der Waals surface area (Å²) in [6.07, 6.45) is 44.9. The van der Waals surface area contributed by atoms with Gasteiger partial charge in [-0.05, 0) is 51.4 Å². The zero-order valence-corrected chi connectivity index (χ0v) is 26.8. The summed E-state index contributed by atoms with van der Waals surface area (Å²) in [4.78, 5) is 12.2. The van der Waals surface area contributed by atoms with Crippen LogP contribution in [0.25, 0.3) is 0 Å². The van der Waals surface area contributed by atoms with E-state index in [1.165, 1.54) is 70.6 Å². The van der Waals surface area contributed by atoms with Gasteiger partial charge in [-0.2, -0.15) is 0 Å². The fourth-order valence-corrected chi connectivity index (χ4v) is 4.62. The van der Waals surface area contributed by atoms with Crippen LogP contribution in [-0.2, 0) is 4.79 Å². The van der Waals surface area contributed by atoms with Crippen molar-refractivity contribution >= 4 is 5.91 Å². The van der Waals surface area contributed by atoms with Gasteiger partial charge < -0.3 is 15.5 Å². The molecule has 0 saturated heterocycles. The number of amides is 1. The number of aliphatic hydroxyl groups excluding tert-OH is 2. The van der Waals surface area contributed by atoms with E-state index in [-0.39, 0.29) is 12.5 Å². The first-order chi connectivity index (χ1) is 20.2. The number of allylic oxidation sites excluding steroid dienone is 9. The topological polar surface area (TPSA) is 69.6 Å². The van der Waals surface area contributed by atoms with Gasteiger partial charge in [-0.3, -0.25) is 4.79 Å². The van der Waals surface area contributed by atoms with Crippen molar-refractivity contribution in [3.05, 3.63) is 60.8 Å². The molecule has 0 spiro atoms. The molecule has 3 N–H and O–H groups in total. The van der Waals surface area contributed by atoms with Gasteiger partial charge in [-0.25, -0.2) is 0 Å². The van der Waals surface area contributed by atoms with Gasteiger partial charge in [0.1, 0.15) is 0 Å². The van der Waals surface area contributed by atoms with E-state index >= 15 is 0 Å². The van der Waals surface area contributed by atoms with E-state index in [4.69, 9.17) is 0 Å². The lowest BCUT2D eigenvalue weighted by Crippen LogP contribution is -2.45. The summed E-state index contributed by atoms with van der Waals surface area (Å²) in [6, 6.07) is -0.620. The Hall–Kier alpha value is -1.91. The van der Waals surface area contributed by atoms with Crippen LogP contribution >= 0.6 is 0 Å². The Kier molecular flexibility index (Phi) is 31.1. The van der Waals surface area contributed by atoms with Crippen LogP contribution in [0.1, 0.15) is 149 Å². The molecule has 2 unspecified atom stereocenters. The van der Waals surface area contributed by atoms with Crippen LogP contribution in [0, 0.1) is 0 Å². The van der Waals surface area contributed by atoms with E-state index in [1.807, 2.05) is 6.08 Å². The maximum atomic E-state index is 12.2. The third-order valence-corrected chi connectivity index (χ3v) is 7.26. The minimum Gasteiger partial charge on any atom is -0.394 e. The minimum absolute atomic E-state index is 0.0801. The van der Waals surface area contributed by atoms with Gasteiger partial charge in [0.2, 0.25) is 5.91 Å². The van der Waals surface area contributed by atoms with Gasteiger partial charge >= 0.3 is 0 Å². The first kappa shape index (κ1) is 39.1. The van der Waals surface area contributed by atoms with Crippen molar-refractivity contribution in [2.45, 2.75) is 161 Å². The van der Waals surface area contributed by atoms with Crippen LogP contribution in [0.5, 0.6) is 0 Å². The Labute approximate surface area is 254 Å². The molecule has 4 heteroatoms. The van der Waals surface area contributed by atoms with E-state index in [0.717, 1.165) is 57.8 Å². The molecule has 0 fully saturated rings. The third kappa shape index (κ3) is 29.4. The van der Waals surface area contributed by atoms with Gasteiger partial charge in [0.05, 0.1) is 18.8 Å². The van der Waals surface area contributed by atoms with Gasteiger partial charge in [-0.1, -0.05) is 152 Å². The van der Waals surface area contributed by atoms with Crippen molar-refractivity contribution in [2.75, 3.05) is 6.61 Å². The fourth-order valence-electron chi connectivity index (χ4n) is 4.62. The third-order valence-electron chi connectivity index (χ3n) is 7.26. The largest absolute Gasteiger partial charge is 0.394 e. The first-order valence-electron chi connectivity index (χ1n) is 17.0. The number of carbonyl (C=O) groups excluding carboxylic acids is 1. The highest BCUT2D eigenvalue weighted by Crippen LogP contribution is 2.13. The van der Waals surface area contributed by atoms with Gasteiger partial charge in [0.25, 0.3) is 0 Å². The number of hydrogen-bond donors (Lipinski definition) is 3. The highest BCUT2D eigenvalue weighted by Gasteiger charge is 2.17. The summed E-state index contributed by atoms with van der Waals surface area (Å²) >= 11 is 0. The Bertz CT molecular complexity index is 707. The highest BCUT2D eigenvalue weighted by atomic mass is 16.3. The van der Waals surface area contributed by atoms with Crippen molar-refractivity contribution in [2.24, 2.45) is 0 Å². The normalized spacial score (nSPS) is 14.0. The van der Waals surface area contributed by atoms with Crippen molar-refractivity contribution in [1.29, 1.82) is 0 Å². The van der Waals surface area contributed by atoms with Crippen molar-refractivity contribution in [3.63, 3.8) is 0 Å². The molecular formula is C37H65NO3. The molecule has 0 aromatic heterocycles. The van der Waals surface area contributed by atoms with E-state index in [1.54, 1.807) is 6.08 Å². The van der Waals surface area contributed by atoms with E-state index in [9.17, 15) is 15.0 Å². The molecule has 41 heavy (non-hydrogen) atoms. The second-order valence-corrected chi connectivity index (χ2v) is 11.2. The summed E-state index contributed by atoms with van der Waals surface area (Å²) in [5.74, 6) is -0.0801. The maximum absolute atomic E-state index is 12.2. The second-order valence-electron chi connectivity index (χ2n) is 11.2. The summed E-state index contributed by atoms with van der Waals surface area (Å²) < 4.78 is 0. The Morgan fingerprint density at radius 2 is 1.07 bits per heavy atom. The van der Waals surface area contributed by atoms with Crippen LogP contribution in [0.15, 0.2) is 60.8 Å². The van der Waals surface area contributed by atoms with E-state index < -0.39 is 12.1 Å². The van der Waals surface area contributed by atoms with E-state index in [0.29, 0.717) is 6.42 Å². The minimum atomic E-state index is -0.836. The molecule has 0 rings (SSSR count). The number of hydrogen-bond acceptors (Lipinski definition) is 3. The molecule has 0 bridgehead atoms. The summed E-state index contributed by atoms with van der Waals surface area (Å²) in [5, 5.41) is 22.4. The molecule has 1 amide bonds. The quantitative estimate of drug-likeness (QED) is 0.0618. The van der Waals surface area contributed by atoms with E-state index in [2.05, 4.69) is 67.8 Å². The molecule has 0 aliphatic rings. The molecular weight excluding hydrogens is 506 g/mol. The maximum Gasteiger partial charge on any atom is 0.220 e. The molecule has 0 aromatic carbocycles. The molecule has 0 aliphatic carbocycles. The average Bonchev–Trinajstić information content (AvgIpc) is 2.98. The summed E-state index contributed by atoms with van der Waals surface area (Å²) in [5.41, 5.74) is 0. The molecule has 0 saturated carbocycles. The molecule has 0 aliphatic heterocycles. The van der Waals surface area contributed by atoms with Crippen molar-refractivity contribution in [3.8, 4) is 0 Å². The number of rotatable bonds is 29. The SMILES string of the molecule is CC/C=C\C/C=C\C/C=C\C/C=C\CCCCCCCCCCCCCCC(=O)NC(CO)C(O)/C=C/CCCC. The molecule has 236 valence electrons. The lowest BCUT2D eigenvalue weighted by molar-refractivity contribution is -0.123. The standard InChI is InChI=1S/C37H65NO3/c1-3-5-7-9-10-11-12-13-14-15-16-17-18-19-20-21-22-23-24-25-26-27-28-29-31-33-37(41)38-35(34-39)36(40)32-30-8-6-4-2/h5,7,10-11,13-14,16-17,30,32,35-36,39-40H,3-4,6,8-9,12,15,18-29,31,33-34H2,1-2H3,(H,38,41)/b7-5-,11-10-,14-13-,17-16-,32-30+. The summed E-state index contributed by atoms with van der Waals surface area (Å²) in [7, 11) is 0. The predicted molar refractivity (Wildman–Crippen MR) is 179 cm³/mol. The summed E-state index contributed by atoms with van der Waals surface area (Å²) in [6.45, 7) is 4.04. The Morgan fingerprint density at radius 3 is 1.59 bits per heavy atom. The van der Waals surface area contributed by atoms with Crippen LogP contribution in [0.4, 0.5) is 0 Å². The van der Waals surface area contributed by atoms with Crippen LogP contribution < -0.4 is 5.32 Å². The molecule has 0 aromatic rings. The number of nitrogens with one attached hydrogen (secondary N) is 1. The zero-order chi connectivity index (χ0) is 30.1. The van der Waals surface area contributed by atoms with Crippen LogP contribution in [-0.4, -0.2) is 34.9 Å². The first-order valence-corrected chi connectivity index (χ1v) is 17.0. The highest BCUT2D eigenvalue weighted by molar-refractivity contribution is 5.76. The number of aliphatic hydroxyl groups is 2. The molecule has 2 atom stereocenters. The van der Waals surface area contributed by atoms with Crippen LogP contribution in [0.3, 0.4) is 0 Å². The number of carbonyl (C=O) groups is 1.